The number of anilines is 1. The first-order valence-electron chi connectivity index (χ1n) is 7.35. The van der Waals surface area contributed by atoms with Gasteiger partial charge < -0.3 is 10.2 Å². The number of hydrogen-bond donors (Lipinski definition) is 2. The van der Waals surface area contributed by atoms with E-state index in [9.17, 15) is 27.2 Å². The molecule has 0 aliphatic carbocycles. The van der Waals surface area contributed by atoms with E-state index in [0.717, 1.165) is 0 Å². The van der Waals surface area contributed by atoms with Crippen LogP contribution in [0.15, 0.2) is 23.0 Å². The number of urea groups is 1. The number of aromatic amines is 1. The average molecular weight is 391 g/mol. The molecule has 1 aromatic heterocycles. The number of rotatable bonds is 1. The average Bonchev–Trinajstić information content (AvgIpc) is 2.56. The van der Waals surface area contributed by atoms with Gasteiger partial charge in [0.05, 0.1) is 28.5 Å². The van der Waals surface area contributed by atoms with E-state index in [-0.39, 0.29) is 24.7 Å². The molecule has 2 aromatic rings. The van der Waals surface area contributed by atoms with Crippen LogP contribution in [-0.4, -0.2) is 27.7 Å². The van der Waals surface area contributed by atoms with Crippen LogP contribution >= 0.6 is 11.6 Å². The van der Waals surface area contributed by atoms with Gasteiger partial charge in [-0.25, -0.2) is 14.3 Å². The van der Waals surface area contributed by atoms with E-state index in [1.807, 2.05) is 0 Å². The minimum Gasteiger partial charge on any atom is -0.318 e. The summed E-state index contributed by atoms with van der Waals surface area (Å²) >= 11 is 5.54. The molecule has 0 fully saturated rings. The van der Waals surface area contributed by atoms with Crippen molar-refractivity contribution in [2.75, 3.05) is 11.9 Å². The van der Waals surface area contributed by atoms with Crippen LogP contribution in [0.4, 0.5) is 28.0 Å². The van der Waals surface area contributed by atoms with Crippen LogP contribution in [0.25, 0.3) is 0 Å². The zero-order valence-electron chi connectivity index (χ0n) is 13.0. The van der Waals surface area contributed by atoms with Crippen molar-refractivity contribution in [2.24, 2.45) is 0 Å². The van der Waals surface area contributed by atoms with Crippen molar-refractivity contribution in [3.05, 3.63) is 56.2 Å². The highest BCUT2D eigenvalue weighted by molar-refractivity contribution is 6.31. The van der Waals surface area contributed by atoms with E-state index in [2.05, 4.69) is 15.5 Å². The predicted octanol–water partition coefficient (Wildman–Crippen LogP) is 3.17. The summed E-state index contributed by atoms with van der Waals surface area (Å²) in [6.07, 6.45) is -4.43. The maximum Gasteiger partial charge on any atom is 0.417 e. The van der Waals surface area contributed by atoms with Gasteiger partial charge in [-0.3, -0.25) is 4.79 Å². The summed E-state index contributed by atoms with van der Waals surface area (Å²) in [6.45, 7) is 0.299. The van der Waals surface area contributed by atoms with Gasteiger partial charge in [-0.1, -0.05) is 11.6 Å². The van der Waals surface area contributed by atoms with E-state index < -0.39 is 34.3 Å². The molecule has 0 bridgehead atoms. The summed E-state index contributed by atoms with van der Waals surface area (Å²) in [5.41, 5.74) is -0.968. The van der Waals surface area contributed by atoms with E-state index in [1.54, 1.807) is 0 Å². The number of halogens is 5. The summed E-state index contributed by atoms with van der Waals surface area (Å²) in [4.78, 5) is 24.8. The fourth-order valence-corrected chi connectivity index (χ4v) is 2.84. The van der Waals surface area contributed by atoms with Gasteiger partial charge in [-0.2, -0.15) is 18.3 Å². The first-order chi connectivity index (χ1) is 12.1. The number of amides is 2. The Bertz CT molecular complexity index is 929. The third-order valence-electron chi connectivity index (χ3n) is 3.86. The second-order valence-electron chi connectivity index (χ2n) is 5.62. The lowest BCUT2D eigenvalue weighted by Crippen LogP contribution is -2.40. The smallest absolute Gasteiger partial charge is 0.318 e. The molecule has 0 radical (unpaired) electrons. The number of hydrogen-bond acceptors (Lipinski definition) is 3. The molecule has 0 spiro atoms. The summed E-state index contributed by atoms with van der Waals surface area (Å²) < 4.78 is 52.0. The lowest BCUT2D eigenvalue weighted by molar-refractivity contribution is -0.137. The van der Waals surface area contributed by atoms with Gasteiger partial charge in [-0.15, -0.1) is 0 Å². The molecule has 0 saturated heterocycles. The molecule has 3 rings (SSSR count). The normalized spacial score (nSPS) is 14.1. The number of alkyl halides is 3. The number of benzene rings is 1. The second-order valence-corrected chi connectivity index (χ2v) is 6.02. The van der Waals surface area contributed by atoms with Crippen molar-refractivity contribution in [1.29, 1.82) is 0 Å². The molecule has 2 heterocycles. The Hall–Kier alpha value is -2.62. The molecule has 0 saturated carbocycles. The lowest BCUT2D eigenvalue weighted by Gasteiger charge is -2.27. The molecule has 0 atom stereocenters. The van der Waals surface area contributed by atoms with Gasteiger partial charge in [0.15, 0.2) is 0 Å². The third kappa shape index (κ3) is 3.64. The fourth-order valence-electron chi connectivity index (χ4n) is 2.56. The van der Waals surface area contributed by atoms with Crippen LogP contribution in [0, 0.1) is 5.82 Å². The highest BCUT2D eigenvalue weighted by Crippen LogP contribution is 2.37. The number of nitrogens with one attached hydrogen (secondary N) is 2. The summed E-state index contributed by atoms with van der Waals surface area (Å²) in [5, 5.41) is 7.58. The topological polar surface area (TPSA) is 78.1 Å². The monoisotopic (exact) mass is 390 g/mol. The Labute approximate surface area is 148 Å². The largest absolute Gasteiger partial charge is 0.417 e. The van der Waals surface area contributed by atoms with E-state index in [1.165, 1.54) is 11.0 Å². The maximum atomic E-state index is 13.9. The first-order valence-corrected chi connectivity index (χ1v) is 7.72. The number of nitrogens with zero attached hydrogens (tertiary/aromatic N) is 2. The van der Waals surface area contributed by atoms with Gasteiger partial charge in [0, 0.05) is 12.6 Å². The Morgan fingerprint density at radius 2 is 2.04 bits per heavy atom. The van der Waals surface area contributed by atoms with E-state index in [4.69, 9.17) is 11.6 Å². The molecule has 1 aliphatic heterocycles. The highest BCUT2D eigenvalue weighted by atomic mass is 35.5. The summed E-state index contributed by atoms with van der Waals surface area (Å²) in [7, 11) is 0. The molecule has 2 N–H and O–H groups in total. The molecule has 1 aromatic carbocycles. The minimum atomic E-state index is -4.81. The molecule has 6 nitrogen and oxygen atoms in total. The molecule has 26 heavy (non-hydrogen) atoms. The Kier molecular flexibility index (Phi) is 4.61. The van der Waals surface area contributed by atoms with Gasteiger partial charge in [0.1, 0.15) is 5.82 Å². The second kappa shape index (κ2) is 6.60. The molecule has 1 aliphatic rings. The number of carbonyl (C=O) groups is 1. The Balaban J connectivity index is 1.78. The fraction of sp³-hybridized carbons (Fsp3) is 0.267. The predicted molar refractivity (Wildman–Crippen MR) is 84.4 cm³/mol. The van der Waals surface area contributed by atoms with Crippen molar-refractivity contribution in [3.8, 4) is 0 Å². The van der Waals surface area contributed by atoms with Crippen LogP contribution < -0.4 is 10.9 Å². The van der Waals surface area contributed by atoms with Crippen LogP contribution in [0.3, 0.4) is 0 Å². The molecule has 138 valence electrons. The zero-order valence-corrected chi connectivity index (χ0v) is 13.7. The zero-order chi connectivity index (χ0) is 19.1. The van der Waals surface area contributed by atoms with Crippen LogP contribution in [-0.2, 0) is 19.1 Å². The lowest BCUT2D eigenvalue weighted by atomic mass is 10.1. The Morgan fingerprint density at radius 1 is 1.31 bits per heavy atom. The van der Waals surface area contributed by atoms with Gasteiger partial charge in [0.2, 0.25) is 0 Å². The van der Waals surface area contributed by atoms with Crippen LogP contribution in [0.5, 0.6) is 0 Å². The first kappa shape index (κ1) is 18.2. The molecular weight excluding hydrogens is 380 g/mol. The molecule has 0 unspecified atom stereocenters. The molecular formula is C15H11ClF4N4O2. The minimum absolute atomic E-state index is 0.0634. The van der Waals surface area contributed by atoms with Crippen molar-refractivity contribution < 1.29 is 22.4 Å². The van der Waals surface area contributed by atoms with Crippen molar-refractivity contribution in [1.82, 2.24) is 15.1 Å². The Morgan fingerprint density at radius 3 is 2.73 bits per heavy atom. The summed E-state index contributed by atoms with van der Waals surface area (Å²) in [5.74, 6) is -1.25. The van der Waals surface area contributed by atoms with Crippen molar-refractivity contribution >= 4 is 23.3 Å². The standard InChI is InChI=1S/C15H11ClF4N4O2/c16-9-5-11(10(17)4-8(9)15(18,19)20)21-14(26)24-2-1-7-3-13(25)23-22-12(7)6-24/h3-5H,1-2,6H2,(H,21,26)(H,23,25). The van der Waals surface area contributed by atoms with Gasteiger partial charge in [-0.05, 0) is 24.1 Å². The summed E-state index contributed by atoms with van der Waals surface area (Å²) in [6, 6.07) is 1.60. The quantitative estimate of drug-likeness (QED) is 0.734. The van der Waals surface area contributed by atoms with Crippen molar-refractivity contribution in [3.63, 3.8) is 0 Å². The van der Waals surface area contributed by atoms with Gasteiger partial charge in [0.25, 0.3) is 5.56 Å². The highest BCUT2D eigenvalue weighted by Gasteiger charge is 2.34. The van der Waals surface area contributed by atoms with Crippen LogP contribution in [0.1, 0.15) is 16.8 Å². The number of fused-ring (bicyclic) bond motifs is 1. The van der Waals surface area contributed by atoms with E-state index in [0.29, 0.717) is 23.7 Å². The van der Waals surface area contributed by atoms with Gasteiger partial charge >= 0.3 is 12.2 Å². The number of aromatic nitrogens is 2. The van der Waals surface area contributed by atoms with E-state index >= 15 is 0 Å². The number of H-pyrrole nitrogens is 1. The maximum absolute atomic E-state index is 13.9. The molecule has 2 amide bonds. The van der Waals surface area contributed by atoms with Crippen LogP contribution in [0.2, 0.25) is 5.02 Å². The SMILES string of the molecule is O=C(Nc1cc(Cl)c(C(F)(F)F)cc1F)N1CCc2cc(=O)[nH]nc2C1. The number of carbonyl (C=O) groups excluding carboxylic acids is 1. The van der Waals surface area contributed by atoms with Crippen molar-refractivity contribution in [2.45, 2.75) is 19.1 Å². The molecule has 11 heteroatoms. The third-order valence-corrected chi connectivity index (χ3v) is 4.17.